The largest absolute Gasteiger partial charge is 0.393 e. The number of aliphatic hydroxyl groups is 1. The van der Waals surface area contributed by atoms with Crippen molar-refractivity contribution in [2.75, 3.05) is 0 Å². The normalized spacial score (nSPS) is 34.2. The van der Waals surface area contributed by atoms with Crippen LogP contribution in [-0.2, 0) is 0 Å². The molecule has 1 aliphatic carbocycles. The zero-order valence-corrected chi connectivity index (χ0v) is 7.57. The van der Waals surface area contributed by atoms with Crippen molar-refractivity contribution in [3.05, 3.63) is 0 Å². The fourth-order valence-electron chi connectivity index (χ4n) is 1.82. The first kappa shape index (κ1) is 12.6. The molecule has 0 radical (unpaired) electrons. The third-order valence-corrected chi connectivity index (χ3v) is 2.61. The maximum Gasteiger partial charge on any atom is 0.391 e. The van der Waals surface area contributed by atoms with Crippen molar-refractivity contribution in [3.63, 3.8) is 0 Å². The molecule has 0 bridgehead atoms. The van der Waals surface area contributed by atoms with Crippen LogP contribution in [0.1, 0.15) is 19.3 Å². The fraction of sp³-hybridized carbons (Fsp3) is 1.00. The van der Waals surface area contributed by atoms with Crippen LogP contribution in [-0.4, -0.2) is 23.6 Å². The molecule has 2 atom stereocenters. The van der Waals surface area contributed by atoms with Crippen LogP contribution in [0.15, 0.2) is 0 Å². The van der Waals surface area contributed by atoms with E-state index in [4.69, 9.17) is 5.11 Å². The topological polar surface area (TPSA) is 20.2 Å². The molecule has 0 spiro atoms. The SMILES string of the molecule is OC1CC(C(F)(F)F)CC(C(F)(F)F)C1. The predicted octanol–water partition coefficient (Wildman–Crippen LogP) is 2.89. The van der Waals surface area contributed by atoms with Crippen molar-refractivity contribution in [2.24, 2.45) is 11.8 Å². The zero-order chi connectivity index (χ0) is 11.9. The Labute approximate surface area is 82.1 Å². The number of hydrogen-bond acceptors (Lipinski definition) is 1. The summed E-state index contributed by atoms with van der Waals surface area (Å²) < 4.78 is 73.2. The van der Waals surface area contributed by atoms with Gasteiger partial charge in [0.25, 0.3) is 0 Å². The van der Waals surface area contributed by atoms with Gasteiger partial charge in [-0.2, -0.15) is 26.3 Å². The van der Waals surface area contributed by atoms with Gasteiger partial charge in [0.05, 0.1) is 17.9 Å². The molecular formula is C8H10F6O. The van der Waals surface area contributed by atoms with Crippen LogP contribution < -0.4 is 0 Å². The Bertz CT molecular complexity index is 198. The highest BCUT2D eigenvalue weighted by Crippen LogP contribution is 2.45. The molecule has 0 amide bonds. The van der Waals surface area contributed by atoms with Crippen LogP contribution >= 0.6 is 0 Å². The molecule has 0 saturated heterocycles. The molecule has 1 saturated carbocycles. The third-order valence-electron chi connectivity index (χ3n) is 2.61. The molecule has 0 aromatic heterocycles. The van der Waals surface area contributed by atoms with E-state index in [1.54, 1.807) is 0 Å². The lowest BCUT2D eigenvalue weighted by Crippen LogP contribution is -2.40. The van der Waals surface area contributed by atoms with Crippen LogP contribution in [0.25, 0.3) is 0 Å². The summed E-state index contributed by atoms with van der Waals surface area (Å²) in [6.45, 7) is 0. The Hall–Kier alpha value is -0.460. The standard InChI is InChI=1S/C8H10F6O/c9-7(10,11)4-1-5(8(12,13)14)3-6(15)2-4/h4-6,15H,1-3H2. The number of aliphatic hydroxyl groups excluding tert-OH is 1. The van der Waals surface area contributed by atoms with Gasteiger partial charge in [-0.3, -0.25) is 0 Å². The molecule has 0 aromatic carbocycles. The molecule has 0 aliphatic heterocycles. The number of hydrogen-bond donors (Lipinski definition) is 1. The Morgan fingerprint density at radius 3 is 1.33 bits per heavy atom. The first-order valence-corrected chi connectivity index (χ1v) is 4.42. The second-order valence-electron chi connectivity index (χ2n) is 3.84. The van der Waals surface area contributed by atoms with Gasteiger partial charge in [-0.15, -0.1) is 0 Å². The highest BCUT2D eigenvalue weighted by Gasteiger charge is 2.51. The van der Waals surface area contributed by atoms with Crippen LogP contribution in [0.3, 0.4) is 0 Å². The zero-order valence-electron chi connectivity index (χ0n) is 7.57. The van der Waals surface area contributed by atoms with Crippen molar-refractivity contribution in [2.45, 2.75) is 37.7 Å². The summed E-state index contributed by atoms with van der Waals surface area (Å²) >= 11 is 0. The minimum Gasteiger partial charge on any atom is -0.393 e. The maximum absolute atomic E-state index is 12.2. The minimum absolute atomic E-state index is 0.629. The molecular weight excluding hydrogens is 226 g/mol. The molecule has 1 fully saturated rings. The smallest absolute Gasteiger partial charge is 0.391 e. The molecule has 0 heterocycles. The highest BCUT2D eigenvalue weighted by molar-refractivity contribution is 4.85. The second kappa shape index (κ2) is 3.84. The molecule has 15 heavy (non-hydrogen) atoms. The quantitative estimate of drug-likeness (QED) is 0.641. The van der Waals surface area contributed by atoms with E-state index in [1.165, 1.54) is 0 Å². The van der Waals surface area contributed by atoms with Gasteiger partial charge in [-0.25, -0.2) is 0 Å². The Kier molecular flexibility index (Phi) is 3.23. The summed E-state index contributed by atoms with van der Waals surface area (Å²) in [7, 11) is 0. The lowest BCUT2D eigenvalue weighted by molar-refractivity contribution is -0.233. The van der Waals surface area contributed by atoms with Gasteiger partial charge in [0.2, 0.25) is 0 Å². The van der Waals surface area contributed by atoms with Gasteiger partial charge < -0.3 is 5.11 Å². The predicted molar refractivity (Wildman–Crippen MR) is 38.9 cm³/mol. The Morgan fingerprint density at radius 2 is 1.07 bits per heavy atom. The Morgan fingerprint density at radius 1 is 0.733 bits per heavy atom. The maximum atomic E-state index is 12.2. The lowest BCUT2D eigenvalue weighted by Gasteiger charge is -2.34. The van der Waals surface area contributed by atoms with E-state index in [0.29, 0.717) is 0 Å². The molecule has 1 aliphatic rings. The Balaban J connectivity index is 2.73. The fourth-order valence-corrected chi connectivity index (χ4v) is 1.82. The van der Waals surface area contributed by atoms with Crippen molar-refractivity contribution in [3.8, 4) is 0 Å². The molecule has 1 nitrogen and oxygen atoms in total. The average molecular weight is 236 g/mol. The van der Waals surface area contributed by atoms with E-state index in [2.05, 4.69) is 0 Å². The third kappa shape index (κ3) is 3.25. The first-order chi connectivity index (χ1) is 6.60. The molecule has 7 heteroatoms. The summed E-state index contributed by atoms with van der Waals surface area (Å²) in [5.41, 5.74) is 0. The van der Waals surface area contributed by atoms with E-state index in [1.807, 2.05) is 0 Å². The summed E-state index contributed by atoms with van der Waals surface area (Å²) in [5, 5.41) is 8.98. The highest BCUT2D eigenvalue weighted by atomic mass is 19.4. The van der Waals surface area contributed by atoms with Crippen LogP contribution in [0.2, 0.25) is 0 Å². The molecule has 0 aromatic rings. The minimum atomic E-state index is -4.66. The van der Waals surface area contributed by atoms with Gasteiger partial charge in [0.1, 0.15) is 0 Å². The molecule has 90 valence electrons. The molecule has 2 unspecified atom stereocenters. The second-order valence-corrected chi connectivity index (χ2v) is 3.84. The van der Waals surface area contributed by atoms with E-state index in [9.17, 15) is 26.3 Å². The van der Waals surface area contributed by atoms with Crippen LogP contribution in [0, 0.1) is 11.8 Å². The van der Waals surface area contributed by atoms with E-state index in [-0.39, 0.29) is 0 Å². The van der Waals surface area contributed by atoms with E-state index >= 15 is 0 Å². The lowest BCUT2D eigenvalue weighted by atomic mass is 9.79. The van der Waals surface area contributed by atoms with Gasteiger partial charge >= 0.3 is 12.4 Å². The molecule has 1 N–H and O–H groups in total. The average Bonchev–Trinajstić information content (AvgIpc) is 1.99. The van der Waals surface area contributed by atoms with E-state index < -0.39 is 49.6 Å². The van der Waals surface area contributed by atoms with Crippen molar-refractivity contribution >= 4 is 0 Å². The molecule has 1 rings (SSSR count). The monoisotopic (exact) mass is 236 g/mol. The van der Waals surface area contributed by atoms with Crippen molar-refractivity contribution in [1.29, 1.82) is 0 Å². The number of halogens is 6. The van der Waals surface area contributed by atoms with Gasteiger partial charge in [-0.05, 0) is 19.3 Å². The van der Waals surface area contributed by atoms with Gasteiger partial charge in [0.15, 0.2) is 0 Å². The van der Waals surface area contributed by atoms with Crippen molar-refractivity contribution < 1.29 is 31.4 Å². The van der Waals surface area contributed by atoms with Crippen LogP contribution in [0.5, 0.6) is 0 Å². The summed E-state index contributed by atoms with van der Waals surface area (Å²) in [5.74, 6) is -4.10. The van der Waals surface area contributed by atoms with Crippen molar-refractivity contribution in [1.82, 2.24) is 0 Å². The van der Waals surface area contributed by atoms with Gasteiger partial charge in [0, 0.05) is 0 Å². The summed E-state index contributed by atoms with van der Waals surface area (Å²) in [6.07, 6.45) is -13.1. The summed E-state index contributed by atoms with van der Waals surface area (Å²) in [6, 6.07) is 0. The van der Waals surface area contributed by atoms with E-state index in [0.717, 1.165) is 0 Å². The summed E-state index contributed by atoms with van der Waals surface area (Å²) in [4.78, 5) is 0. The number of alkyl halides is 6. The first-order valence-electron chi connectivity index (χ1n) is 4.42. The number of rotatable bonds is 0. The van der Waals surface area contributed by atoms with Crippen LogP contribution in [0.4, 0.5) is 26.3 Å². The van der Waals surface area contributed by atoms with Gasteiger partial charge in [-0.1, -0.05) is 0 Å².